The second-order valence-corrected chi connectivity index (χ2v) is 6.37. The van der Waals surface area contributed by atoms with Crippen LogP contribution in [-0.2, 0) is 0 Å². The minimum absolute atomic E-state index is 0.322. The van der Waals surface area contributed by atoms with Crippen molar-refractivity contribution in [2.45, 2.75) is 45.2 Å². The van der Waals surface area contributed by atoms with Gasteiger partial charge in [0.15, 0.2) is 0 Å². The molecule has 0 nitrogen and oxygen atoms in total. The number of allylic oxidation sites excluding steroid dienone is 6. The molecule has 3 unspecified atom stereocenters. The first-order chi connectivity index (χ1) is 8.65. The molecule has 0 aromatic rings. The summed E-state index contributed by atoms with van der Waals surface area (Å²) in [5.74, 6) is 1.87. The first kappa shape index (κ1) is 12.1. The Morgan fingerprint density at radius 3 is 2.72 bits per heavy atom. The first-order valence-electron chi connectivity index (χ1n) is 7.33. The largest absolute Gasteiger partial charge is 0.126 e. The summed E-state index contributed by atoms with van der Waals surface area (Å²) in [6.07, 6.45) is 9.82. The maximum atomic E-state index is 4.11. The normalized spacial score (nSPS) is 38.3. The summed E-state index contributed by atoms with van der Waals surface area (Å²) in [6, 6.07) is 0. The van der Waals surface area contributed by atoms with E-state index in [0.29, 0.717) is 5.41 Å². The highest BCUT2D eigenvalue weighted by Gasteiger charge is 2.52. The Morgan fingerprint density at radius 2 is 2.06 bits per heavy atom. The van der Waals surface area contributed by atoms with Crippen molar-refractivity contribution in [3.05, 3.63) is 47.6 Å². The van der Waals surface area contributed by atoms with E-state index in [1.54, 1.807) is 5.57 Å². The quantitative estimate of drug-likeness (QED) is 0.623. The average Bonchev–Trinajstić information content (AvgIpc) is 2.85. The van der Waals surface area contributed by atoms with E-state index in [1.807, 2.05) is 0 Å². The van der Waals surface area contributed by atoms with Gasteiger partial charge in [0.2, 0.25) is 0 Å². The third-order valence-corrected chi connectivity index (χ3v) is 5.96. The van der Waals surface area contributed by atoms with E-state index in [9.17, 15) is 0 Å². The molecule has 3 rings (SSSR count). The fourth-order valence-corrected chi connectivity index (χ4v) is 5.11. The van der Waals surface area contributed by atoms with Crippen LogP contribution in [0.2, 0.25) is 12.1 Å². The topological polar surface area (TPSA) is 0 Å². The fraction of sp³-hybridized carbons (Fsp3) is 0.529. The van der Waals surface area contributed by atoms with Gasteiger partial charge in [-0.05, 0) is 49.3 Å². The van der Waals surface area contributed by atoms with Crippen LogP contribution in [0.15, 0.2) is 47.6 Å². The van der Waals surface area contributed by atoms with Crippen molar-refractivity contribution in [2.75, 3.05) is 0 Å². The lowest BCUT2D eigenvalue weighted by atomic mass is 9.50. The third-order valence-electron chi connectivity index (χ3n) is 5.96. The molecule has 2 bridgehead atoms. The molecule has 0 amide bonds. The number of rotatable bonds is 2. The van der Waals surface area contributed by atoms with Crippen LogP contribution < -0.4 is 0 Å². The van der Waals surface area contributed by atoms with Crippen LogP contribution in [0.4, 0.5) is 0 Å². The number of hydrogen-bond donors (Lipinski definition) is 0. The zero-order valence-corrected chi connectivity index (χ0v) is 11.8. The van der Waals surface area contributed by atoms with Crippen LogP contribution in [0.3, 0.4) is 0 Å². The van der Waals surface area contributed by atoms with Gasteiger partial charge in [-0.3, -0.25) is 0 Å². The summed E-state index contributed by atoms with van der Waals surface area (Å²) in [5, 5.41) is 0. The van der Waals surface area contributed by atoms with Crippen LogP contribution in [-0.4, -0.2) is 7.28 Å². The molecule has 0 radical (unpaired) electrons. The van der Waals surface area contributed by atoms with Crippen LogP contribution >= 0.6 is 0 Å². The lowest BCUT2D eigenvalue weighted by molar-refractivity contribution is 0.265. The van der Waals surface area contributed by atoms with Gasteiger partial charge in [-0.2, -0.15) is 0 Å². The molecule has 94 valence electrons. The lowest BCUT2D eigenvalue weighted by Gasteiger charge is -2.43. The van der Waals surface area contributed by atoms with Crippen molar-refractivity contribution in [1.82, 2.24) is 0 Å². The Hall–Kier alpha value is -0.975. The summed E-state index contributed by atoms with van der Waals surface area (Å²) in [7, 11) is 1.41. The van der Waals surface area contributed by atoms with Crippen molar-refractivity contribution in [3.8, 4) is 0 Å². The van der Waals surface area contributed by atoms with Gasteiger partial charge < -0.3 is 0 Å². The summed E-state index contributed by atoms with van der Waals surface area (Å²) in [5.41, 5.74) is 6.25. The van der Waals surface area contributed by atoms with Crippen LogP contribution in [0.25, 0.3) is 0 Å². The van der Waals surface area contributed by atoms with Crippen molar-refractivity contribution in [2.24, 2.45) is 11.3 Å². The van der Waals surface area contributed by atoms with E-state index >= 15 is 0 Å². The first-order valence-corrected chi connectivity index (χ1v) is 7.33. The molecule has 3 aliphatic rings. The smallest absolute Gasteiger partial charge is 0.0987 e. The van der Waals surface area contributed by atoms with E-state index in [4.69, 9.17) is 0 Å². The van der Waals surface area contributed by atoms with Crippen LogP contribution in [0, 0.1) is 11.3 Å². The van der Waals surface area contributed by atoms with Gasteiger partial charge in [-0.25, -0.2) is 0 Å². The van der Waals surface area contributed by atoms with Gasteiger partial charge in [0, 0.05) is 5.41 Å². The van der Waals surface area contributed by atoms with E-state index in [1.165, 1.54) is 49.6 Å². The maximum Gasteiger partial charge on any atom is 0.126 e. The summed E-state index contributed by atoms with van der Waals surface area (Å²) >= 11 is 0. The molecule has 1 aliphatic heterocycles. The second kappa shape index (κ2) is 4.01. The highest BCUT2D eigenvalue weighted by molar-refractivity contribution is 6.39. The van der Waals surface area contributed by atoms with Crippen LogP contribution in [0.5, 0.6) is 0 Å². The predicted molar refractivity (Wildman–Crippen MR) is 81.3 cm³/mol. The highest BCUT2D eigenvalue weighted by atomic mass is 14.5. The molecule has 1 saturated carbocycles. The molecule has 1 heterocycles. The Labute approximate surface area is 112 Å². The van der Waals surface area contributed by atoms with Gasteiger partial charge in [0.1, 0.15) is 7.28 Å². The molecule has 18 heavy (non-hydrogen) atoms. The fourth-order valence-electron chi connectivity index (χ4n) is 5.11. The monoisotopic (exact) mass is 238 g/mol. The van der Waals surface area contributed by atoms with Gasteiger partial charge in [-0.1, -0.05) is 49.4 Å². The van der Waals surface area contributed by atoms with E-state index in [-0.39, 0.29) is 0 Å². The lowest BCUT2D eigenvalue weighted by Crippen LogP contribution is -2.32. The van der Waals surface area contributed by atoms with Gasteiger partial charge in [0.25, 0.3) is 0 Å². The third kappa shape index (κ3) is 1.28. The minimum atomic E-state index is 0.322. The van der Waals surface area contributed by atoms with Gasteiger partial charge in [-0.15, -0.1) is 0 Å². The average molecular weight is 238 g/mol. The summed E-state index contributed by atoms with van der Waals surface area (Å²) in [4.78, 5) is 0. The molecule has 2 fully saturated rings. The Kier molecular flexibility index (Phi) is 2.69. The standard InChI is InChI=1S/C17H23B/c1-5-14-11(3)15(6-2)17(12(14)4)8-7-13-9-16(17)18-10-13/h5-6,13,16,18H,1-2,7-10H2,3-4H3. The molecule has 1 spiro atoms. The summed E-state index contributed by atoms with van der Waals surface area (Å²) in [6.45, 7) is 12.7. The molecule has 2 aliphatic carbocycles. The molecule has 1 heteroatoms. The molecule has 0 N–H and O–H groups in total. The Morgan fingerprint density at radius 1 is 1.28 bits per heavy atom. The van der Waals surface area contributed by atoms with E-state index in [0.717, 1.165) is 11.7 Å². The Balaban J connectivity index is 2.18. The second-order valence-electron chi connectivity index (χ2n) is 6.37. The molecule has 0 aromatic carbocycles. The van der Waals surface area contributed by atoms with Crippen LogP contribution in [0.1, 0.15) is 33.1 Å². The minimum Gasteiger partial charge on any atom is -0.0987 e. The van der Waals surface area contributed by atoms with Gasteiger partial charge in [0.05, 0.1) is 0 Å². The van der Waals surface area contributed by atoms with Crippen molar-refractivity contribution < 1.29 is 0 Å². The maximum absolute atomic E-state index is 4.11. The molecule has 3 atom stereocenters. The van der Waals surface area contributed by atoms with Crippen molar-refractivity contribution >= 4 is 7.28 Å². The van der Waals surface area contributed by atoms with Crippen molar-refractivity contribution in [1.29, 1.82) is 0 Å². The number of hydrogen-bond acceptors (Lipinski definition) is 0. The van der Waals surface area contributed by atoms with Crippen molar-refractivity contribution in [3.63, 3.8) is 0 Å². The van der Waals surface area contributed by atoms with E-state index < -0.39 is 0 Å². The molecular weight excluding hydrogens is 215 g/mol. The molecule has 0 aromatic heterocycles. The van der Waals surface area contributed by atoms with E-state index in [2.05, 4.69) is 39.2 Å². The Bertz CT molecular complexity index is 480. The van der Waals surface area contributed by atoms with Gasteiger partial charge >= 0.3 is 0 Å². The highest BCUT2D eigenvalue weighted by Crippen LogP contribution is 2.64. The SMILES string of the molecule is C=CC1=C(C)C2(CCC3CBC2C3)C(C=C)=C1C. The zero-order chi connectivity index (χ0) is 12.9. The predicted octanol–water partition coefficient (Wildman–Crippen LogP) is 4.45. The molecule has 1 saturated heterocycles. The zero-order valence-electron chi connectivity index (χ0n) is 11.8. The molecular formula is C17H23B. The summed E-state index contributed by atoms with van der Waals surface area (Å²) < 4.78 is 0. The number of fused-ring (bicyclic) bond motifs is 3.